The van der Waals surface area contributed by atoms with Crippen molar-refractivity contribution in [3.8, 4) is 0 Å². The van der Waals surface area contributed by atoms with Gasteiger partial charge in [0, 0.05) is 6.54 Å². The lowest BCUT2D eigenvalue weighted by molar-refractivity contribution is -0.120. The third-order valence-corrected chi connectivity index (χ3v) is 4.88. The van der Waals surface area contributed by atoms with Crippen LogP contribution in [0.5, 0.6) is 0 Å². The standard InChI is InChI=1S/C17H22N2OS/c20-16-15-12-8-3-1-2-4-9-13-18(15)17(21)19(16)14-10-6-5-7-11-14/h5-7,10-11,15H,1-4,8-9,12-13H2/t15-/m0/s1. The fourth-order valence-corrected chi connectivity index (χ4v) is 3.72. The molecule has 21 heavy (non-hydrogen) atoms. The molecule has 0 N–H and O–H groups in total. The highest BCUT2D eigenvalue weighted by molar-refractivity contribution is 7.80. The Morgan fingerprint density at radius 3 is 2.38 bits per heavy atom. The van der Waals surface area contributed by atoms with Gasteiger partial charge in [0.2, 0.25) is 0 Å². The summed E-state index contributed by atoms with van der Waals surface area (Å²) < 4.78 is 0. The fraction of sp³-hybridized carbons (Fsp3) is 0.529. The first kappa shape index (κ1) is 14.5. The molecule has 2 heterocycles. The van der Waals surface area contributed by atoms with E-state index < -0.39 is 0 Å². The van der Waals surface area contributed by atoms with Gasteiger partial charge in [0.15, 0.2) is 5.11 Å². The van der Waals surface area contributed by atoms with Crippen molar-refractivity contribution < 1.29 is 4.79 Å². The Bertz CT molecular complexity index is 489. The molecule has 0 unspecified atom stereocenters. The van der Waals surface area contributed by atoms with Gasteiger partial charge >= 0.3 is 0 Å². The number of rotatable bonds is 1. The van der Waals surface area contributed by atoms with E-state index in [-0.39, 0.29) is 11.9 Å². The van der Waals surface area contributed by atoms with E-state index in [1.54, 1.807) is 4.90 Å². The minimum Gasteiger partial charge on any atom is -0.336 e. The molecule has 112 valence electrons. The molecular formula is C17H22N2OS. The molecule has 1 aromatic carbocycles. The zero-order chi connectivity index (χ0) is 14.7. The maximum absolute atomic E-state index is 12.8. The van der Waals surface area contributed by atoms with Crippen LogP contribution in [0.2, 0.25) is 0 Å². The Kier molecular flexibility index (Phi) is 4.54. The van der Waals surface area contributed by atoms with Crippen molar-refractivity contribution in [1.82, 2.24) is 4.90 Å². The van der Waals surface area contributed by atoms with E-state index in [2.05, 4.69) is 4.90 Å². The lowest BCUT2D eigenvalue weighted by Crippen LogP contribution is -2.36. The maximum atomic E-state index is 12.8. The molecule has 0 saturated carbocycles. The lowest BCUT2D eigenvalue weighted by Gasteiger charge is -2.25. The van der Waals surface area contributed by atoms with Gasteiger partial charge in [0.25, 0.3) is 5.91 Å². The van der Waals surface area contributed by atoms with Gasteiger partial charge in [0.05, 0.1) is 5.69 Å². The number of hydrogen-bond acceptors (Lipinski definition) is 2. The Morgan fingerprint density at radius 2 is 1.62 bits per heavy atom. The molecule has 0 aromatic heterocycles. The van der Waals surface area contributed by atoms with Crippen LogP contribution in [0.4, 0.5) is 5.69 Å². The number of amides is 1. The second-order valence-corrected chi connectivity index (χ2v) is 6.28. The van der Waals surface area contributed by atoms with Crippen LogP contribution < -0.4 is 4.90 Å². The second-order valence-electron chi connectivity index (χ2n) is 5.91. The van der Waals surface area contributed by atoms with Crippen LogP contribution >= 0.6 is 12.2 Å². The van der Waals surface area contributed by atoms with Crippen molar-refractivity contribution >= 4 is 28.9 Å². The van der Waals surface area contributed by atoms with Crippen LogP contribution in [0, 0.1) is 0 Å². The molecule has 0 bridgehead atoms. The Balaban J connectivity index is 1.85. The maximum Gasteiger partial charge on any atom is 0.256 e. The number of carbonyl (C=O) groups is 1. The van der Waals surface area contributed by atoms with E-state index in [0.29, 0.717) is 5.11 Å². The van der Waals surface area contributed by atoms with Crippen molar-refractivity contribution in [3.63, 3.8) is 0 Å². The Morgan fingerprint density at radius 1 is 0.952 bits per heavy atom. The van der Waals surface area contributed by atoms with Crippen molar-refractivity contribution in [2.45, 2.75) is 51.0 Å². The van der Waals surface area contributed by atoms with E-state index in [1.165, 1.54) is 25.7 Å². The summed E-state index contributed by atoms with van der Waals surface area (Å²) in [6.45, 7) is 0.915. The molecule has 2 saturated heterocycles. The summed E-state index contributed by atoms with van der Waals surface area (Å²) in [7, 11) is 0. The normalized spacial score (nSPS) is 24.1. The van der Waals surface area contributed by atoms with Crippen LogP contribution in [-0.2, 0) is 4.79 Å². The summed E-state index contributed by atoms with van der Waals surface area (Å²) in [5.74, 6) is 0.159. The molecule has 1 amide bonds. The number of nitrogens with zero attached hydrogens (tertiary/aromatic N) is 2. The number of anilines is 1. The van der Waals surface area contributed by atoms with Crippen LogP contribution in [0.15, 0.2) is 30.3 Å². The number of benzene rings is 1. The van der Waals surface area contributed by atoms with Crippen molar-refractivity contribution in [1.29, 1.82) is 0 Å². The van der Waals surface area contributed by atoms with Gasteiger partial charge in [-0.1, -0.05) is 50.3 Å². The minimum absolute atomic E-state index is 0.0455. The smallest absolute Gasteiger partial charge is 0.256 e. The van der Waals surface area contributed by atoms with Crippen molar-refractivity contribution in [2.24, 2.45) is 0 Å². The quantitative estimate of drug-likeness (QED) is 0.739. The average Bonchev–Trinajstić information content (AvgIpc) is 2.75. The molecule has 3 rings (SSSR count). The van der Waals surface area contributed by atoms with E-state index in [9.17, 15) is 4.79 Å². The van der Waals surface area contributed by atoms with Gasteiger partial charge in [0.1, 0.15) is 6.04 Å². The third kappa shape index (κ3) is 2.95. The molecule has 0 aliphatic carbocycles. The minimum atomic E-state index is -0.0455. The monoisotopic (exact) mass is 302 g/mol. The molecule has 4 heteroatoms. The molecular weight excluding hydrogens is 280 g/mol. The number of hydrogen-bond donors (Lipinski definition) is 0. The van der Waals surface area contributed by atoms with Crippen LogP contribution in [0.3, 0.4) is 0 Å². The third-order valence-electron chi connectivity index (χ3n) is 4.46. The number of carbonyl (C=O) groups excluding carboxylic acids is 1. The SMILES string of the molecule is O=C1[C@@H]2CCCCCCCCN2C(=S)N1c1ccccc1. The van der Waals surface area contributed by atoms with E-state index >= 15 is 0 Å². The molecule has 2 aliphatic heterocycles. The summed E-state index contributed by atoms with van der Waals surface area (Å²) in [6, 6.07) is 9.75. The van der Waals surface area contributed by atoms with Crippen LogP contribution in [0.25, 0.3) is 0 Å². The topological polar surface area (TPSA) is 23.6 Å². The molecule has 2 aliphatic rings. The molecule has 0 radical (unpaired) electrons. The highest BCUT2D eigenvalue weighted by atomic mass is 32.1. The van der Waals surface area contributed by atoms with Crippen molar-refractivity contribution in [2.75, 3.05) is 11.4 Å². The second kappa shape index (κ2) is 6.56. The summed E-state index contributed by atoms with van der Waals surface area (Å²) in [5, 5.41) is 0.691. The number of thiocarbonyl (C=S) groups is 1. The summed E-state index contributed by atoms with van der Waals surface area (Å²) >= 11 is 5.61. The summed E-state index contributed by atoms with van der Waals surface area (Å²) in [6.07, 6.45) is 8.27. The largest absolute Gasteiger partial charge is 0.336 e. The Hall–Kier alpha value is -1.42. The van der Waals surface area contributed by atoms with Gasteiger partial charge in [-0.15, -0.1) is 0 Å². The molecule has 1 aromatic rings. The number of para-hydroxylation sites is 1. The summed E-state index contributed by atoms with van der Waals surface area (Å²) in [4.78, 5) is 16.7. The summed E-state index contributed by atoms with van der Waals surface area (Å²) in [5.41, 5.74) is 0.898. The highest BCUT2D eigenvalue weighted by Crippen LogP contribution is 2.29. The van der Waals surface area contributed by atoms with Crippen LogP contribution in [0.1, 0.15) is 44.9 Å². The Labute approximate surface area is 131 Å². The van der Waals surface area contributed by atoms with E-state index in [4.69, 9.17) is 12.2 Å². The predicted octanol–water partition coefficient (Wildman–Crippen LogP) is 3.73. The van der Waals surface area contributed by atoms with E-state index in [1.807, 2.05) is 30.3 Å². The number of fused-ring (bicyclic) bond motifs is 1. The van der Waals surface area contributed by atoms with Crippen molar-refractivity contribution in [3.05, 3.63) is 30.3 Å². The van der Waals surface area contributed by atoms with Gasteiger partial charge in [-0.3, -0.25) is 9.69 Å². The van der Waals surface area contributed by atoms with Gasteiger partial charge in [-0.25, -0.2) is 0 Å². The zero-order valence-corrected chi connectivity index (χ0v) is 13.1. The average molecular weight is 302 g/mol. The molecule has 3 nitrogen and oxygen atoms in total. The first-order chi connectivity index (χ1) is 10.3. The van der Waals surface area contributed by atoms with Gasteiger partial charge < -0.3 is 4.90 Å². The fourth-order valence-electron chi connectivity index (χ4n) is 3.31. The first-order valence-corrected chi connectivity index (χ1v) is 8.39. The molecule has 1 atom stereocenters. The molecule has 0 spiro atoms. The lowest BCUT2D eigenvalue weighted by atomic mass is 10.0. The van der Waals surface area contributed by atoms with Gasteiger partial charge in [-0.2, -0.15) is 0 Å². The predicted molar refractivity (Wildman–Crippen MR) is 89.3 cm³/mol. The molecule has 2 fully saturated rings. The highest BCUT2D eigenvalue weighted by Gasteiger charge is 2.42. The zero-order valence-electron chi connectivity index (χ0n) is 12.3. The van der Waals surface area contributed by atoms with Gasteiger partial charge in [-0.05, 0) is 37.2 Å². The first-order valence-electron chi connectivity index (χ1n) is 7.98. The van der Waals surface area contributed by atoms with Crippen LogP contribution in [-0.4, -0.2) is 28.5 Å². The van der Waals surface area contributed by atoms with E-state index in [0.717, 1.165) is 31.5 Å².